The highest BCUT2D eigenvalue weighted by molar-refractivity contribution is 6.05. The van der Waals surface area contributed by atoms with Gasteiger partial charge in [0.1, 0.15) is 30.2 Å². The molecule has 8 nitrogen and oxygen atoms in total. The number of hydrogen-bond donors (Lipinski definition) is 3. The van der Waals surface area contributed by atoms with Gasteiger partial charge in [-0.1, -0.05) is 25.1 Å². The quantitative estimate of drug-likeness (QED) is 0.645. The van der Waals surface area contributed by atoms with Crippen molar-refractivity contribution in [2.24, 2.45) is 0 Å². The fourth-order valence-corrected chi connectivity index (χ4v) is 3.37. The fourth-order valence-electron chi connectivity index (χ4n) is 3.37. The van der Waals surface area contributed by atoms with E-state index in [1.165, 1.54) is 6.33 Å². The first-order valence-corrected chi connectivity index (χ1v) is 8.80. The summed E-state index contributed by atoms with van der Waals surface area (Å²) in [6.07, 6.45) is -1.23. The molecule has 1 aromatic carbocycles. The van der Waals surface area contributed by atoms with Gasteiger partial charge in [-0.3, -0.25) is 4.79 Å². The highest BCUT2D eigenvalue weighted by Crippen LogP contribution is 2.35. The molecule has 0 aliphatic carbocycles. The third kappa shape index (κ3) is 3.08. The van der Waals surface area contributed by atoms with Crippen molar-refractivity contribution in [1.29, 1.82) is 0 Å². The average molecular weight is 368 g/mol. The van der Waals surface area contributed by atoms with Gasteiger partial charge in [-0.2, -0.15) is 5.10 Å². The monoisotopic (exact) mass is 368 g/mol. The van der Waals surface area contributed by atoms with E-state index in [0.29, 0.717) is 29.0 Å². The molecular weight excluding hydrogens is 348 g/mol. The molecule has 3 aromatic rings. The molecule has 0 spiro atoms. The standard InChI is InChI=1S/C19H20N4O4/c1-2-14-15(24)16(25)17(27-14)12-8-9-13-18(20-10-21-23(12)13)22-19(26)11-6-4-3-5-7-11/h3-10,14-17,24-25H,2H2,1H3,(H,20,21,22,26)/t14-,15-,16-,17+/m1/s1. The lowest BCUT2D eigenvalue weighted by Gasteiger charge is -2.14. The zero-order valence-electron chi connectivity index (χ0n) is 14.7. The second-order valence-electron chi connectivity index (χ2n) is 6.47. The minimum absolute atomic E-state index is 0.280. The Morgan fingerprint density at radius 3 is 2.67 bits per heavy atom. The molecule has 4 rings (SSSR count). The van der Waals surface area contributed by atoms with Crippen molar-refractivity contribution < 1.29 is 19.7 Å². The molecule has 3 N–H and O–H groups in total. The fraction of sp³-hybridized carbons (Fsp3) is 0.316. The second-order valence-corrected chi connectivity index (χ2v) is 6.47. The predicted molar refractivity (Wildman–Crippen MR) is 97.3 cm³/mol. The van der Waals surface area contributed by atoms with Crippen LogP contribution in [-0.4, -0.2) is 49.0 Å². The number of carbonyl (C=O) groups excluding carboxylic acids is 1. The van der Waals surface area contributed by atoms with E-state index in [0.717, 1.165) is 0 Å². The van der Waals surface area contributed by atoms with E-state index in [2.05, 4.69) is 15.4 Å². The number of carbonyl (C=O) groups is 1. The van der Waals surface area contributed by atoms with Gasteiger partial charge in [-0.05, 0) is 30.7 Å². The van der Waals surface area contributed by atoms with Crippen LogP contribution < -0.4 is 5.32 Å². The van der Waals surface area contributed by atoms with E-state index in [9.17, 15) is 15.0 Å². The van der Waals surface area contributed by atoms with Crippen LogP contribution in [0.15, 0.2) is 48.8 Å². The molecule has 2 aromatic heterocycles. The number of ether oxygens (including phenoxy) is 1. The summed E-state index contributed by atoms with van der Waals surface area (Å²) in [5.74, 6) is 0.0720. The average Bonchev–Trinajstić information content (AvgIpc) is 3.25. The Morgan fingerprint density at radius 2 is 1.96 bits per heavy atom. The number of amides is 1. The summed E-state index contributed by atoms with van der Waals surface area (Å²) >= 11 is 0. The maximum absolute atomic E-state index is 12.4. The lowest BCUT2D eigenvalue weighted by molar-refractivity contribution is 0.00265. The number of hydrogen-bond acceptors (Lipinski definition) is 6. The molecule has 1 aliphatic rings. The van der Waals surface area contributed by atoms with Crippen LogP contribution in [-0.2, 0) is 4.74 Å². The van der Waals surface area contributed by atoms with Crippen molar-refractivity contribution in [2.45, 2.75) is 37.8 Å². The maximum atomic E-state index is 12.4. The highest BCUT2D eigenvalue weighted by Gasteiger charge is 2.43. The first kappa shape index (κ1) is 17.6. The second kappa shape index (κ2) is 7.07. The van der Waals surface area contributed by atoms with E-state index in [1.807, 2.05) is 13.0 Å². The number of aromatic nitrogens is 3. The van der Waals surface area contributed by atoms with Crippen molar-refractivity contribution in [3.63, 3.8) is 0 Å². The van der Waals surface area contributed by atoms with Crippen LogP contribution in [0.2, 0.25) is 0 Å². The molecule has 0 radical (unpaired) electrons. The summed E-state index contributed by atoms with van der Waals surface area (Å²) in [6, 6.07) is 12.3. The Bertz CT molecular complexity index is 959. The van der Waals surface area contributed by atoms with E-state index in [4.69, 9.17) is 4.74 Å². The SMILES string of the molecule is CC[C@H]1O[C@@H](c2ccc3c(NC(=O)c4ccccc4)ncnn23)[C@H](O)[C@@H]1O. The highest BCUT2D eigenvalue weighted by atomic mass is 16.5. The number of rotatable bonds is 4. The van der Waals surface area contributed by atoms with Crippen molar-refractivity contribution in [2.75, 3.05) is 5.32 Å². The molecule has 1 fully saturated rings. The van der Waals surface area contributed by atoms with Gasteiger partial charge in [0, 0.05) is 5.56 Å². The van der Waals surface area contributed by atoms with Gasteiger partial charge >= 0.3 is 0 Å². The summed E-state index contributed by atoms with van der Waals surface area (Å²) in [4.78, 5) is 16.6. The first-order valence-electron chi connectivity index (χ1n) is 8.80. The summed E-state index contributed by atoms with van der Waals surface area (Å²) in [7, 11) is 0. The summed E-state index contributed by atoms with van der Waals surface area (Å²) in [5, 5.41) is 27.5. The van der Waals surface area contributed by atoms with Crippen molar-refractivity contribution in [3.05, 3.63) is 60.0 Å². The third-order valence-electron chi connectivity index (χ3n) is 4.81. The maximum Gasteiger partial charge on any atom is 0.256 e. The van der Waals surface area contributed by atoms with Gasteiger partial charge in [0.25, 0.3) is 5.91 Å². The number of anilines is 1. The third-order valence-corrected chi connectivity index (χ3v) is 4.81. The van der Waals surface area contributed by atoms with E-state index in [1.54, 1.807) is 40.9 Å². The Kier molecular flexibility index (Phi) is 4.61. The Balaban J connectivity index is 1.65. The van der Waals surface area contributed by atoms with Gasteiger partial charge in [0.15, 0.2) is 5.82 Å². The molecule has 4 atom stereocenters. The molecule has 3 heterocycles. The van der Waals surface area contributed by atoms with E-state index < -0.39 is 24.4 Å². The van der Waals surface area contributed by atoms with Crippen LogP contribution in [0.5, 0.6) is 0 Å². The normalized spacial score (nSPS) is 25.0. The van der Waals surface area contributed by atoms with Gasteiger partial charge in [0.2, 0.25) is 0 Å². The molecule has 0 unspecified atom stereocenters. The lowest BCUT2D eigenvalue weighted by atomic mass is 10.0. The van der Waals surface area contributed by atoms with Crippen LogP contribution in [0.3, 0.4) is 0 Å². The van der Waals surface area contributed by atoms with E-state index >= 15 is 0 Å². The molecule has 140 valence electrons. The molecule has 1 amide bonds. The van der Waals surface area contributed by atoms with E-state index in [-0.39, 0.29) is 5.91 Å². The van der Waals surface area contributed by atoms with Gasteiger partial charge < -0.3 is 20.3 Å². The Labute approximate surface area is 155 Å². The summed E-state index contributed by atoms with van der Waals surface area (Å²) in [6.45, 7) is 1.89. The zero-order chi connectivity index (χ0) is 19.0. The number of aliphatic hydroxyl groups is 2. The number of aliphatic hydroxyl groups excluding tert-OH is 2. The zero-order valence-corrected chi connectivity index (χ0v) is 14.7. The van der Waals surface area contributed by atoms with Crippen LogP contribution in [0.1, 0.15) is 35.5 Å². The number of fused-ring (bicyclic) bond motifs is 1. The van der Waals surface area contributed by atoms with Crippen LogP contribution in [0, 0.1) is 0 Å². The Hall–Kier alpha value is -2.81. The van der Waals surface area contributed by atoms with Gasteiger partial charge in [-0.15, -0.1) is 0 Å². The predicted octanol–water partition coefficient (Wildman–Crippen LogP) is 1.55. The van der Waals surface area contributed by atoms with Crippen molar-refractivity contribution in [1.82, 2.24) is 14.6 Å². The minimum atomic E-state index is -1.05. The lowest BCUT2D eigenvalue weighted by Crippen LogP contribution is -2.30. The molecule has 0 bridgehead atoms. The van der Waals surface area contributed by atoms with Gasteiger partial charge in [-0.25, -0.2) is 9.50 Å². The topological polar surface area (TPSA) is 109 Å². The smallest absolute Gasteiger partial charge is 0.256 e. The largest absolute Gasteiger partial charge is 0.388 e. The Morgan fingerprint density at radius 1 is 1.19 bits per heavy atom. The number of nitrogens with one attached hydrogen (secondary N) is 1. The van der Waals surface area contributed by atoms with Crippen LogP contribution in [0.25, 0.3) is 5.52 Å². The molecule has 1 aliphatic heterocycles. The van der Waals surface area contributed by atoms with Crippen molar-refractivity contribution >= 4 is 17.2 Å². The number of nitrogens with zero attached hydrogens (tertiary/aromatic N) is 3. The van der Waals surface area contributed by atoms with Gasteiger partial charge in [0.05, 0.1) is 11.8 Å². The molecular formula is C19H20N4O4. The van der Waals surface area contributed by atoms with Crippen molar-refractivity contribution in [3.8, 4) is 0 Å². The molecule has 1 saturated heterocycles. The van der Waals surface area contributed by atoms with Crippen LogP contribution >= 0.6 is 0 Å². The first-order chi connectivity index (χ1) is 13.1. The minimum Gasteiger partial charge on any atom is -0.388 e. The van der Waals surface area contributed by atoms with Crippen LogP contribution in [0.4, 0.5) is 5.82 Å². The molecule has 27 heavy (non-hydrogen) atoms. The number of benzene rings is 1. The molecule has 8 heteroatoms. The summed E-state index contributed by atoms with van der Waals surface area (Å²) < 4.78 is 7.37. The summed E-state index contributed by atoms with van der Waals surface area (Å²) in [5.41, 5.74) is 1.68. The molecule has 0 saturated carbocycles.